The van der Waals surface area contributed by atoms with Crippen molar-refractivity contribution in [1.29, 1.82) is 0 Å². The van der Waals surface area contributed by atoms with Crippen LogP contribution in [0.15, 0.2) is 60.8 Å². The van der Waals surface area contributed by atoms with Crippen molar-refractivity contribution in [2.45, 2.75) is 18.8 Å². The zero-order valence-electron chi connectivity index (χ0n) is 15.7. The van der Waals surface area contributed by atoms with E-state index in [9.17, 15) is 13.6 Å². The minimum atomic E-state index is -0.511. The minimum absolute atomic E-state index is 0.0236. The smallest absolute Gasteiger partial charge is 0.256 e. The first-order chi connectivity index (χ1) is 14.1. The molecule has 4 rings (SSSR count). The van der Waals surface area contributed by atoms with Crippen LogP contribution >= 0.6 is 0 Å². The van der Waals surface area contributed by atoms with E-state index < -0.39 is 5.82 Å². The Labute approximate surface area is 167 Å². The van der Waals surface area contributed by atoms with Crippen LogP contribution in [-0.4, -0.2) is 33.9 Å². The Hall–Kier alpha value is -3.35. The topological polar surface area (TPSA) is 58.1 Å². The third kappa shape index (κ3) is 4.39. The standard InChI is InChI=1S/C22H20F2N4O/c23-16-6-3-7-17(13-16)26-22-25-11-10-20(27-22)15-5-4-12-28(14-15)21(29)18-8-1-2-9-19(18)24/h1-3,6-11,13,15H,4-5,12,14H2,(H,25,26,27)/t15-/m1/s1. The molecule has 0 saturated carbocycles. The van der Waals surface area contributed by atoms with Crippen molar-refractivity contribution in [2.24, 2.45) is 0 Å². The molecule has 1 aromatic heterocycles. The van der Waals surface area contributed by atoms with Crippen molar-refractivity contribution in [1.82, 2.24) is 14.9 Å². The summed E-state index contributed by atoms with van der Waals surface area (Å²) in [7, 11) is 0. The number of rotatable bonds is 4. The number of benzene rings is 2. The van der Waals surface area contributed by atoms with Gasteiger partial charge in [0.1, 0.15) is 11.6 Å². The van der Waals surface area contributed by atoms with Gasteiger partial charge in [-0.15, -0.1) is 0 Å². The maximum atomic E-state index is 14.0. The van der Waals surface area contributed by atoms with Gasteiger partial charge in [0.25, 0.3) is 5.91 Å². The number of likely N-dealkylation sites (tertiary alicyclic amines) is 1. The average Bonchev–Trinajstić information content (AvgIpc) is 2.74. The molecule has 1 aliphatic rings. The molecule has 1 fully saturated rings. The second-order valence-electron chi connectivity index (χ2n) is 7.01. The van der Waals surface area contributed by atoms with E-state index in [1.807, 2.05) is 6.07 Å². The van der Waals surface area contributed by atoms with Crippen LogP contribution in [0.5, 0.6) is 0 Å². The molecule has 0 spiro atoms. The molecule has 1 atom stereocenters. The number of amides is 1. The van der Waals surface area contributed by atoms with Gasteiger partial charge in [-0.3, -0.25) is 4.79 Å². The first-order valence-corrected chi connectivity index (χ1v) is 9.49. The van der Waals surface area contributed by atoms with Gasteiger partial charge in [-0.1, -0.05) is 18.2 Å². The van der Waals surface area contributed by atoms with E-state index in [2.05, 4.69) is 15.3 Å². The molecule has 2 heterocycles. The number of anilines is 2. The van der Waals surface area contributed by atoms with Crippen LogP contribution in [0.1, 0.15) is 34.8 Å². The van der Waals surface area contributed by atoms with Gasteiger partial charge in [0, 0.05) is 30.9 Å². The van der Waals surface area contributed by atoms with Crippen molar-refractivity contribution in [3.8, 4) is 0 Å². The highest BCUT2D eigenvalue weighted by molar-refractivity contribution is 5.94. The van der Waals surface area contributed by atoms with Crippen LogP contribution in [-0.2, 0) is 0 Å². The molecular formula is C22H20F2N4O. The van der Waals surface area contributed by atoms with Crippen LogP contribution in [0.25, 0.3) is 0 Å². The number of hydrogen-bond acceptors (Lipinski definition) is 4. The summed E-state index contributed by atoms with van der Waals surface area (Å²) in [6.07, 6.45) is 3.32. The van der Waals surface area contributed by atoms with Gasteiger partial charge in [-0.25, -0.2) is 18.7 Å². The summed E-state index contributed by atoms with van der Waals surface area (Å²) < 4.78 is 27.4. The molecule has 29 heavy (non-hydrogen) atoms. The molecule has 5 nitrogen and oxygen atoms in total. The molecule has 0 unspecified atom stereocenters. The first-order valence-electron chi connectivity index (χ1n) is 9.49. The van der Waals surface area contributed by atoms with Crippen LogP contribution in [0.4, 0.5) is 20.4 Å². The number of nitrogens with zero attached hydrogens (tertiary/aromatic N) is 3. The SMILES string of the molecule is O=C(c1ccccc1F)N1CCC[C@@H](c2ccnc(Nc3cccc(F)c3)n2)C1. The Kier molecular flexibility index (Phi) is 5.46. The summed E-state index contributed by atoms with van der Waals surface area (Å²) in [6.45, 7) is 1.05. The molecule has 148 valence electrons. The largest absolute Gasteiger partial charge is 0.338 e. The van der Waals surface area contributed by atoms with E-state index in [-0.39, 0.29) is 23.2 Å². The van der Waals surface area contributed by atoms with Gasteiger partial charge in [0.05, 0.1) is 11.3 Å². The second-order valence-corrected chi connectivity index (χ2v) is 7.01. The molecule has 2 aromatic carbocycles. The zero-order chi connectivity index (χ0) is 20.2. The van der Waals surface area contributed by atoms with E-state index in [1.54, 1.807) is 35.4 Å². The van der Waals surface area contributed by atoms with E-state index in [0.29, 0.717) is 24.7 Å². The Balaban J connectivity index is 1.50. The zero-order valence-corrected chi connectivity index (χ0v) is 15.7. The number of carbonyl (C=O) groups is 1. The summed E-state index contributed by atoms with van der Waals surface area (Å²) in [4.78, 5) is 23.2. The fraction of sp³-hybridized carbons (Fsp3) is 0.227. The predicted octanol–water partition coefficient (Wildman–Crippen LogP) is 4.52. The first kappa shape index (κ1) is 19.0. The summed E-state index contributed by atoms with van der Waals surface area (Å²) in [5.41, 5.74) is 1.44. The van der Waals surface area contributed by atoms with Gasteiger partial charge in [0.2, 0.25) is 5.95 Å². The van der Waals surface area contributed by atoms with Gasteiger partial charge in [-0.05, 0) is 49.2 Å². The number of hydrogen-bond donors (Lipinski definition) is 1. The van der Waals surface area contributed by atoms with Crippen molar-refractivity contribution < 1.29 is 13.6 Å². The third-order valence-electron chi connectivity index (χ3n) is 4.99. The molecule has 0 bridgehead atoms. The molecule has 1 amide bonds. The summed E-state index contributed by atoms with van der Waals surface area (Å²) in [5.74, 6) is -0.773. The molecule has 1 N–H and O–H groups in total. The summed E-state index contributed by atoms with van der Waals surface area (Å²) >= 11 is 0. The highest BCUT2D eigenvalue weighted by atomic mass is 19.1. The molecule has 3 aromatic rings. The van der Waals surface area contributed by atoms with Crippen LogP contribution in [0, 0.1) is 11.6 Å². The lowest BCUT2D eigenvalue weighted by Gasteiger charge is -2.32. The quantitative estimate of drug-likeness (QED) is 0.707. The monoisotopic (exact) mass is 394 g/mol. The molecule has 1 saturated heterocycles. The Morgan fingerprint density at radius 2 is 1.97 bits per heavy atom. The van der Waals surface area contributed by atoms with E-state index in [1.165, 1.54) is 24.3 Å². The third-order valence-corrected chi connectivity index (χ3v) is 4.99. The predicted molar refractivity (Wildman–Crippen MR) is 106 cm³/mol. The van der Waals surface area contributed by atoms with Crippen LogP contribution < -0.4 is 5.32 Å². The molecule has 0 aliphatic carbocycles. The van der Waals surface area contributed by atoms with Crippen molar-refractivity contribution >= 4 is 17.5 Å². The van der Waals surface area contributed by atoms with Gasteiger partial charge < -0.3 is 10.2 Å². The Morgan fingerprint density at radius 1 is 1.10 bits per heavy atom. The Morgan fingerprint density at radius 3 is 2.79 bits per heavy atom. The minimum Gasteiger partial charge on any atom is -0.338 e. The number of halogens is 2. The van der Waals surface area contributed by atoms with Gasteiger partial charge in [-0.2, -0.15) is 0 Å². The van der Waals surface area contributed by atoms with E-state index in [4.69, 9.17) is 0 Å². The number of piperidine rings is 1. The molecule has 0 radical (unpaired) electrons. The summed E-state index contributed by atoms with van der Waals surface area (Å²) in [5, 5.41) is 3.00. The van der Waals surface area contributed by atoms with E-state index >= 15 is 0 Å². The highest BCUT2D eigenvalue weighted by Gasteiger charge is 2.27. The average molecular weight is 394 g/mol. The fourth-order valence-corrected chi connectivity index (χ4v) is 3.56. The Bertz CT molecular complexity index is 1030. The lowest BCUT2D eigenvalue weighted by atomic mass is 9.94. The van der Waals surface area contributed by atoms with Crippen molar-refractivity contribution in [3.63, 3.8) is 0 Å². The van der Waals surface area contributed by atoms with Crippen LogP contribution in [0.2, 0.25) is 0 Å². The molecule has 7 heteroatoms. The highest BCUT2D eigenvalue weighted by Crippen LogP contribution is 2.27. The maximum absolute atomic E-state index is 14.0. The lowest BCUT2D eigenvalue weighted by molar-refractivity contribution is 0.0701. The number of nitrogens with one attached hydrogen (secondary N) is 1. The van der Waals surface area contributed by atoms with Gasteiger partial charge in [0.15, 0.2) is 0 Å². The second kappa shape index (κ2) is 8.34. The van der Waals surface area contributed by atoms with Crippen molar-refractivity contribution in [3.05, 3.63) is 83.7 Å². The van der Waals surface area contributed by atoms with Crippen LogP contribution in [0.3, 0.4) is 0 Å². The molecular weight excluding hydrogens is 374 g/mol. The van der Waals surface area contributed by atoms with Crippen molar-refractivity contribution in [2.75, 3.05) is 18.4 Å². The number of aromatic nitrogens is 2. The van der Waals surface area contributed by atoms with E-state index in [0.717, 1.165) is 18.5 Å². The number of carbonyl (C=O) groups excluding carboxylic acids is 1. The normalized spacial score (nSPS) is 16.5. The lowest BCUT2D eigenvalue weighted by Crippen LogP contribution is -2.39. The molecule has 1 aliphatic heterocycles. The maximum Gasteiger partial charge on any atom is 0.256 e. The fourth-order valence-electron chi connectivity index (χ4n) is 3.56. The summed E-state index contributed by atoms with van der Waals surface area (Å²) in [6, 6.07) is 13.9. The van der Waals surface area contributed by atoms with Gasteiger partial charge >= 0.3 is 0 Å².